The first kappa shape index (κ1) is 26.8. The van der Waals surface area contributed by atoms with Gasteiger partial charge in [-0.2, -0.15) is 5.06 Å². The van der Waals surface area contributed by atoms with E-state index in [9.17, 15) is 14.7 Å². The molecule has 1 aliphatic rings. The minimum Gasteiger partial charge on any atom is -0.490 e. The summed E-state index contributed by atoms with van der Waals surface area (Å²) in [5.74, 6) is -0.124. The van der Waals surface area contributed by atoms with E-state index in [0.717, 1.165) is 0 Å². The van der Waals surface area contributed by atoms with Crippen molar-refractivity contribution in [3.05, 3.63) is 52.0 Å². The van der Waals surface area contributed by atoms with Gasteiger partial charge >= 0.3 is 5.97 Å². The number of aliphatic hydroxyl groups is 1. The Bertz CT molecular complexity index is 1020. The van der Waals surface area contributed by atoms with E-state index in [1.54, 1.807) is 29.3 Å². The van der Waals surface area contributed by atoms with Gasteiger partial charge in [0.15, 0.2) is 6.61 Å². The summed E-state index contributed by atoms with van der Waals surface area (Å²) < 4.78 is 21.5. The highest BCUT2D eigenvalue weighted by Gasteiger charge is 2.27. The first-order valence-electron chi connectivity index (χ1n) is 10.6. The van der Waals surface area contributed by atoms with Crippen molar-refractivity contribution in [1.82, 2.24) is 10.4 Å². The topological polar surface area (TPSA) is 116 Å². The zero-order valence-corrected chi connectivity index (χ0v) is 20.7. The third-order valence-electron chi connectivity index (χ3n) is 4.89. The predicted molar refractivity (Wildman–Crippen MR) is 127 cm³/mol. The lowest BCUT2D eigenvalue weighted by atomic mass is 10.1. The Morgan fingerprint density at radius 2 is 1.94 bits per heavy atom. The molecule has 12 heteroatoms. The number of benzene rings is 2. The zero-order valence-electron chi connectivity index (χ0n) is 19.2. The molecule has 1 amide bonds. The summed E-state index contributed by atoms with van der Waals surface area (Å²) >= 11 is 12.1. The molecule has 0 saturated carbocycles. The number of methoxy groups -OCH3 is 1. The van der Waals surface area contributed by atoms with Crippen molar-refractivity contribution < 1.29 is 38.5 Å². The number of aliphatic hydroxyl groups excluding tert-OH is 1. The van der Waals surface area contributed by atoms with Crippen molar-refractivity contribution in [3.63, 3.8) is 0 Å². The Balaban J connectivity index is 1.56. The van der Waals surface area contributed by atoms with Crippen LogP contribution in [-0.2, 0) is 14.4 Å². The summed E-state index contributed by atoms with van der Waals surface area (Å²) in [6.45, 7) is 0.396. The van der Waals surface area contributed by atoms with E-state index in [4.69, 9.17) is 42.3 Å². The lowest BCUT2D eigenvalue weighted by Gasteiger charge is -2.20. The summed E-state index contributed by atoms with van der Waals surface area (Å²) in [5.41, 5.74) is 0.143. The molecule has 2 aromatic rings. The highest BCUT2D eigenvalue weighted by molar-refractivity contribution is 6.32. The number of carbonyl (C=O) groups is 2. The molecule has 0 radical (unpaired) electrons. The SMILES string of the molecule is CNC(=O)c1cc(Cl)c(OCC(=O)OC)cc1OC[C@@H](O)CN1C[C@@H](Oc2ccc(Cl)cc2)CO1. The summed E-state index contributed by atoms with van der Waals surface area (Å²) in [6, 6.07) is 9.75. The average Bonchev–Trinajstić information content (AvgIpc) is 3.29. The monoisotopic (exact) mass is 528 g/mol. The van der Waals surface area contributed by atoms with E-state index < -0.39 is 18.0 Å². The van der Waals surface area contributed by atoms with Crippen LogP contribution in [0.1, 0.15) is 10.4 Å². The molecule has 2 N–H and O–H groups in total. The number of rotatable bonds is 11. The van der Waals surface area contributed by atoms with E-state index >= 15 is 0 Å². The Kier molecular flexibility index (Phi) is 9.82. The van der Waals surface area contributed by atoms with Crippen LogP contribution in [0.15, 0.2) is 36.4 Å². The van der Waals surface area contributed by atoms with E-state index in [-0.39, 0.29) is 47.9 Å². The molecule has 190 valence electrons. The Hall–Kier alpha value is -2.76. The molecule has 0 unspecified atom stereocenters. The second-order valence-electron chi connectivity index (χ2n) is 7.52. The minimum absolute atomic E-state index is 0.109. The molecule has 1 saturated heterocycles. The number of hydroxylamine groups is 2. The summed E-state index contributed by atoms with van der Waals surface area (Å²) in [6.07, 6.45) is -1.16. The summed E-state index contributed by atoms with van der Waals surface area (Å²) in [7, 11) is 2.69. The molecule has 1 fully saturated rings. The highest BCUT2D eigenvalue weighted by atomic mass is 35.5. The Morgan fingerprint density at radius 1 is 1.20 bits per heavy atom. The molecule has 1 heterocycles. The number of hydrogen-bond acceptors (Lipinski definition) is 9. The van der Waals surface area contributed by atoms with E-state index in [0.29, 0.717) is 23.9 Å². The molecule has 0 aromatic heterocycles. The maximum Gasteiger partial charge on any atom is 0.343 e. The van der Waals surface area contributed by atoms with Crippen LogP contribution in [-0.4, -0.2) is 81.3 Å². The van der Waals surface area contributed by atoms with Crippen molar-refractivity contribution in [2.24, 2.45) is 0 Å². The highest BCUT2D eigenvalue weighted by Crippen LogP contribution is 2.33. The summed E-state index contributed by atoms with van der Waals surface area (Å²) in [5, 5.41) is 15.3. The molecule has 10 nitrogen and oxygen atoms in total. The van der Waals surface area contributed by atoms with Gasteiger partial charge in [-0.1, -0.05) is 23.2 Å². The van der Waals surface area contributed by atoms with Gasteiger partial charge in [0.1, 0.15) is 42.7 Å². The van der Waals surface area contributed by atoms with Crippen molar-refractivity contribution >= 4 is 35.1 Å². The van der Waals surface area contributed by atoms with E-state index in [1.807, 2.05) is 0 Å². The number of hydrogen-bond donors (Lipinski definition) is 2. The third-order valence-corrected chi connectivity index (χ3v) is 5.44. The van der Waals surface area contributed by atoms with Crippen LogP contribution in [0.5, 0.6) is 17.2 Å². The number of carbonyl (C=O) groups excluding carboxylic acids is 2. The molecule has 2 atom stereocenters. The minimum atomic E-state index is -0.947. The fourth-order valence-corrected chi connectivity index (χ4v) is 3.52. The number of esters is 1. The zero-order chi connectivity index (χ0) is 25.4. The Labute approximate surface area is 212 Å². The number of β-amino-alcohol motifs (C(OH)–C–C–N with tert-alkyl or cyclic N) is 1. The van der Waals surface area contributed by atoms with Gasteiger partial charge in [0, 0.05) is 18.1 Å². The number of nitrogens with one attached hydrogen (secondary N) is 1. The van der Waals surface area contributed by atoms with Crippen molar-refractivity contribution in [1.29, 1.82) is 0 Å². The number of ether oxygens (including phenoxy) is 4. The van der Waals surface area contributed by atoms with Gasteiger partial charge in [0.05, 0.1) is 30.8 Å². The van der Waals surface area contributed by atoms with Crippen LogP contribution in [0.25, 0.3) is 0 Å². The quantitative estimate of drug-likeness (QED) is 0.424. The first-order valence-corrected chi connectivity index (χ1v) is 11.4. The average molecular weight is 529 g/mol. The smallest absolute Gasteiger partial charge is 0.343 e. The van der Waals surface area contributed by atoms with Crippen LogP contribution < -0.4 is 19.5 Å². The van der Waals surface area contributed by atoms with Gasteiger partial charge in [0.2, 0.25) is 0 Å². The molecule has 1 aliphatic heterocycles. The molecule has 0 aliphatic carbocycles. The lowest BCUT2D eigenvalue weighted by molar-refractivity contribution is -0.142. The fourth-order valence-electron chi connectivity index (χ4n) is 3.17. The largest absolute Gasteiger partial charge is 0.490 e. The summed E-state index contributed by atoms with van der Waals surface area (Å²) in [4.78, 5) is 29.2. The molecule has 3 rings (SSSR count). The standard InChI is InChI=1S/C23H26Cl2N2O8/c1-26-23(30)18-7-19(25)21(33-13-22(29)31-2)8-20(18)32-11-15(28)9-27-10-17(12-34-27)35-16-5-3-14(24)4-6-16/h3-8,15,17,28H,9-13H2,1-2H3,(H,26,30)/t15-,17+/m0/s1. The first-order chi connectivity index (χ1) is 16.8. The van der Waals surface area contributed by atoms with Crippen molar-refractivity contribution in [3.8, 4) is 17.2 Å². The maximum atomic E-state index is 12.3. The molecule has 0 spiro atoms. The van der Waals surface area contributed by atoms with Gasteiger partial charge in [-0.15, -0.1) is 0 Å². The maximum absolute atomic E-state index is 12.3. The molecular weight excluding hydrogens is 503 g/mol. The second kappa shape index (κ2) is 12.8. The van der Waals surface area contributed by atoms with Gasteiger partial charge in [-0.25, -0.2) is 4.79 Å². The van der Waals surface area contributed by atoms with Crippen LogP contribution in [0.4, 0.5) is 0 Å². The van der Waals surface area contributed by atoms with Crippen LogP contribution in [0.3, 0.4) is 0 Å². The molecule has 2 aromatic carbocycles. The van der Waals surface area contributed by atoms with E-state index in [2.05, 4.69) is 10.1 Å². The number of amides is 1. The van der Waals surface area contributed by atoms with Crippen LogP contribution in [0.2, 0.25) is 10.0 Å². The number of halogens is 2. The lowest BCUT2D eigenvalue weighted by Crippen LogP contribution is -2.35. The van der Waals surface area contributed by atoms with Crippen molar-refractivity contribution in [2.45, 2.75) is 12.2 Å². The predicted octanol–water partition coefficient (Wildman–Crippen LogP) is 2.34. The van der Waals surface area contributed by atoms with Crippen molar-refractivity contribution in [2.75, 3.05) is 47.1 Å². The third kappa shape index (κ3) is 7.87. The van der Waals surface area contributed by atoms with Gasteiger partial charge in [-0.05, 0) is 30.3 Å². The van der Waals surface area contributed by atoms with Gasteiger partial charge in [-0.3, -0.25) is 9.63 Å². The molecular formula is C23H26Cl2N2O8. The normalized spacial score (nSPS) is 16.4. The van der Waals surface area contributed by atoms with Gasteiger partial charge < -0.3 is 29.4 Å². The van der Waals surface area contributed by atoms with Crippen LogP contribution in [0, 0.1) is 0 Å². The van der Waals surface area contributed by atoms with Crippen LogP contribution >= 0.6 is 23.2 Å². The Morgan fingerprint density at radius 3 is 2.63 bits per heavy atom. The van der Waals surface area contributed by atoms with Gasteiger partial charge in [0.25, 0.3) is 5.91 Å². The molecule has 35 heavy (non-hydrogen) atoms. The fraction of sp³-hybridized carbons (Fsp3) is 0.391. The molecule has 0 bridgehead atoms. The van der Waals surface area contributed by atoms with E-state index in [1.165, 1.54) is 26.3 Å². The second-order valence-corrected chi connectivity index (χ2v) is 8.37. The number of nitrogens with zero attached hydrogens (tertiary/aromatic N) is 1.